The van der Waals surface area contributed by atoms with Gasteiger partial charge in [0, 0.05) is 18.5 Å². The molecule has 2 N–H and O–H groups in total. The molecule has 0 radical (unpaired) electrons. The first-order valence-corrected chi connectivity index (χ1v) is 7.26. The second-order valence-corrected chi connectivity index (χ2v) is 5.35. The van der Waals surface area contributed by atoms with E-state index in [1.54, 1.807) is 4.68 Å². The van der Waals surface area contributed by atoms with Crippen LogP contribution in [0.2, 0.25) is 0 Å². The van der Waals surface area contributed by atoms with Crippen LogP contribution in [0.3, 0.4) is 0 Å². The minimum atomic E-state index is 0.570. The zero-order valence-corrected chi connectivity index (χ0v) is 12.1. The van der Waals surface area contributed by atoms with Crippen LogP contribution in [-0.4, -0.2) is 16.4 Å². The molecule has 4 heteroatoms. The second-order valence-electron chi connectivity index (χ2n) is 5.35. The number of benzene rings is 1. The van der Waals surface area contributed by atoms with Crippen LogP contribution in [0.25, 0.3) is 11.1 Å². The number of nitrogen functional groups attached to an aromatic ring is 1. The third-order valence-corrected chi connectivity index (χ3v) is 4.06. The number of rotatable bonds is 4. The Kier molecular flexibility index (Phi) is 3.38. The molecule has 1 aliphatic carbocycles. The molecule has 0 saturated heterocycles. The van der Waals surface area contributed by atoms with E-state index < -0.39 is 0 Å². The predicted octanol–water partition coefficient (Wildman–Crippen LogP) is 3.34. The minimum Gasteiger partial charge on any atom is -0.494 e. The third kappa shape index (κ3) is 2.15. The van der Waals surface area contributed by atoms with Crippen molar-refractivity contribution in [3.05, 3.63) is 30.0 Å². The third-order valence-electron chi connectivity index (χ3n) is 4.06. The molecular formula is C16H21N3O. The second kappa shape index (κ2) is 5.19. The van der Waals surface area contributed by atoms with Crippen molar-refractivity contribution < 1.29 is 4.74 Å². The Balaban J connectivity index is 1.99. The van der Waals surface area contributed by atoms with Gasteiger partial charge in [-0.25, -0.2) is 0 Å². The van der Waals surface area contributed by atoms with Gasteiger partial charge in [-0.3, -0.25) is 4.68 Å². The lowest BCUT2D eigenvalue weighted by atomic mass is 9.80. The van der Waals surface area contributed by atoms with E-state index in [0.29, 0.717) is 12.5 Å². The van der Waals surface area contributed by atoms with Gasteiger partial charge in [0.15, 0.2) is 0 Å². The van der Waals surface area contributed by atoms with Gasteiger partial charge in [-0.05, 0) is 37.5 Å². The Morgan fingerprint density at radius 3 is 2.55 bits per heavy atom. The fourth-order valence-corrected chi connectivity index (χ4v) is 2.71. The molecule has 1 aromatic heterocycles. The average molecular weight is 271 g/mol. The van der Waals surface area contributed by atoms with E-state index in [1.807, 2.05) is 26.1 Å². The molecule has 20 heavy (non-hydrogen) atoms. The van der Waals surface area contributed by atoms with Crippen molar-refractivity contribution in [3.63, 3.8) is 0 Å². The van der Waals surface area contributed by atoms with E-state index in [1.165, 1.54) is 19.3 Å². The van der Waals surface area contributed by atoms with Gasteiger partial charge in [0.1, 0.15) is 11.6 Å². The summed E-state index contributed by atoms with van der Waals surface area (Å²) < 4.78 is 7.28. The van der Waals surface area contributed by atoms with Crippen LogP contribution < -0.4 is 10.5 Å². The van der Waals surface area contributed by atoms with Gasteiger partial charge in [0.05, 0.1) is 12.3 Å². The molecule has 1 aliphatic rings. The van der Waals surface area contributed by atoms with Crippen molar-refractivity contribution in [1.29, 1.82) is 0 Å². The number of aromatic nitrogens is 2. The fraction of sp³-hybridized carbons (Fsp3) is 0.438. The van der Waals surface area contributed by atoms with Gasteiger partial charge < -0.3 is 10.5 Å². The Bertz CT molecular complexity index is 597. The summed E-state index contributed by atoms with van der Waals surface area (Å²) in [5, 5.41) is 4.63. The topological polar surface area (TPSA) is 53.1 Å². The molecule has 0 atom stereocenters. The first kappa shape index (κ1) is 13.0. The van der Waals surface area contributed by atoms with E-state index in [4.69, 9.17) is 10.5 Å². The van der Waals surface area contributed by atoms with Crippen LogP contribution in [0.4, 0.5) is 5.82 Å². The van der Waals surface area contributed by atoms with E-state index in [2.05, 4.69) is 17.2 Å². The molecule has 1 saturated carbocycles. The van der Waals surface area contributed by atoms with Gasteiger partial charge in [0.25, 0.3) is 0 Å². The number of nitrogens with two attached hydrogens (primary N) is 1. The molecule has 4 nitrogen and oxygen atoms in total. The summed E-state index contributed by atoms with van der Waals surface area (Å²) in [5.74, 6) is 2.21. The molecule has 3 rings (SSSR count). The first-order valence-electron chi connectivity index (χ1n) is 7.26. The van der Waals surface area contributed by atoms with E-state index in [-0.39, 0.29) is 0 Å². The van der Waals surface area contributed by atoms with Crippen LogP contribution in [0.1, 0.15) is 37.8 Å². The smallest absolute Gasteiger partial charge is 0.129 e. The van der Waals surface area contributed by atoms with Crippen molar-refractivity contribution in [2.75, 3.05) is 12.3 Å². The van der Waals surface area contributed by atoms with Gasteiger partial charge in [-0.1, -0.05) is 18.6 Å². The van der Waals surface area contributed by atoms with Crippen molar-refractivity contribution in [2.45, 2.75) is 32.1 Å². The molecule has 0 spiro atoms. The number of anilines is 1. The van der Waals surface area contributed by atoms with Crippen LogP contribution >= 0.6 is 0 Å². The maximum Gasteiger partial charge on any atom is 0.129 e. The van der Waals surface area contributed by atoms with Crippen molar-refractivity contribution >= 4 is 5.82 Å². The molecule has 1 fully saturated rings. The lowest BCUT2D eigenvalue weighted by Crippen LogP contribution is -2.10. The number of ether oxygens (including phenoxy) is 1. The highest BCUT2D eigenvalue weighted by molar-refractivity contribution is 5.77. The molecular weight excluding hydrogens is 250 g/mol. The van der Waals surface area contributed by atoms with Gasteiger partial charge >= 0.3 is 0 Å². The number of nitrogens with zero attached hydrogens (tertiary/aromatic N) is 2. The minimum absolute atomic E-state index is 0.570. The highest BCUT2D eigenvalue weighted by Gasteiger charge is 2.27. The normalized spacial score (nSPS) is 15.1. The number of aryl methyl sites for hydroxylation is 1. The van der Waals surface area contributed by atoms with Crippen LogP contribution in [0.5, 0.6) is 5.75 Å². The largest absolute Gasteiger partial charge is 0.494 e. The lowest BCUT2D eigenvalue weighted by Gasteiger charge is -2.24. The van der Waals surface area contributed by atoms with E-state index in [9.17, 15) is 0 Å². The molecule has 0 amide bonds. The lowest BCUT2D eigenvalue weighted by molar-refractivity contribution is 0.340. The van der Waals surface area contributed by atoms with E-state index in [0.717, 1.165) is 28.4 Å². The summed E-state index contributed by atoms with van der Waals surface area (Å²) in [6.45, 7) is 2.67. The van der Waals surface area contributed by atoms with Crippen molar-refractivity contribution in [2.24, 2.45) is 7.05 Å². The van der Waals surface area contributed by atoms with Crippen molar-refractivity contribution in [1.82, 2.24) is 9.78 Å². The van der Waals surface area contributed by atoms with Crippen LogP contribution in [-0.2, 0) is 7.05 Å². The Morgan fingerprint density at radius 2 is 2.00 bits per heavy atom. The molecule has 0 aliphatic heterocycles. The zero-order valence-electron chi connectivity index (χ0n) is 12.1. The van der Waals surface area contributed by atoms with Gasteiger partial charge in [0.2, 0.25) is 0 Å². The Labute approximate surface area is 119 Å². The Hall–Kier alpha value is -1.97. The molecule has 0 unspecified atom stereocenters. The maximum absolute atomic E-state index is 6.22. The first-order chi connectivity index (χ1) is 9.70. The predicted molar refractivity (Wildman–Crippen MR) is 80.8 cm³/mol. The SMILES string of the molecule is CCOc1ccc(-c2c(C3CCC3)nn(C)c2N)cc1. The molecule has 0 bridgehead atoms. The van der Waals surface area contributed by atoms with Crippen molar-refractivity contribution in [3.8, 4) is 16.9 Å². The average Bonchev–Trinajstić information content (AvgIpc) is 2.65. The highest BCUT2D eigenvalue weighted by Crippen LogP contribution is 2.42. The summed E-state index contributed by atoms with van der Waals surface area (Å²) in [6, 6.07) is 8.13. The molecule has 2 aromatic rings. The standard InChI is InChI=1S/C16H21N3O/c1-3-20-13-9-7-11(8-10-13)14-15(12-5-4-6-12)18-19(2)16(14)17/h7-10,12H,3-6,17H2,1-2H3. The quantitative estimate of drug-likeness (QED) is 0.928. The van der Waals surface area contributed by atoms with Gasteiger partial charge in [-0.2, -0.15) is 5.10 Å². The summed E-state index contributed by atoms with van der Waals surface area (Å²) in [7, 11) is 1.91. The molecule has 1 heterocycles. The number of hydrogen-bond acceptors (Lipinski definition) is 3. The zero-order chi connectivity index (χ0) is 14.1. The van der Waals surface area contributed by atoms with Gasteiger partial charge in [-0.15, -0.1) is 0 Å². The molecule has 106 valence electrons. The summed E-state index contributed by atoms with van der Waals surface area (Å²) in [4.78, 5) is 0. The maximum atomic E-state index is 6.22. The van der Waals surface area contributed by atoms with Crippen LogP contribution in [0, 0.1) is 0 Å². The Morgan fingerprint density at radius 1 is 1.30 bits per heavy atom. The summed E-state index contributed by atoms with van der Waals surface area (Å²) >= 11 is 0. The number of hydrogen-bond donors (Lipinski definition) is 1. The monoisotopic (exact) mass is 271 g/mol. The summed E-state index contributed by atoms with van der Waals surface area (Å²) in [6.07, 6.45) is 3.74. The summed E-state index contributed by atoms with van der Waals surface area (Å²) in [5.41, 5.74) is 9.59. The highest BCUT2D eigenvalue weighted by atomic mass is 16.5. The van der Waals surface area contributed by atoms with E-state index >= 15 is 0 Å². The molecule has 1 aromatic carbocycles. The van der Waals surface area contributed by atoms with Crippen LogP contribution in [0.15, 0.2) is 24.3 Å². The fourth-order valence-electron chi connectivity index (χ4n) is 2.71.